The first-order chi connectivity index (χ1) is 30.4. The molecule has 0 aromatic carbocycles. The van der Waals surface area contributed by atoms with Crippen LogP contribution in [0.1, 0.15) is 125 Å². The number of rotatable bonds is 6. The summed E-state index contributed by atoms with van der Waals surface area (Å²) >= 11 is 0. The molecule has 360 valence electrons. The summed E-state index contributed by atoms with van der Waals surface area (Å²) in [5.41, 5.74) is 1.27. The van der Waals surface area contributed by atoms with Crippen molar-refractivity contribution in [3.05, 3.63) is 47.6 Å². The highest BCUT2D eigenvalue weighted by Gasteiger charge is 2.53. The number of piperidine rings is 1. The molecule has 14 nitrogen and oxygen atoms in total. The minimum Gasteiger partial charge on any atom is -0.460 e. The van der Waals surface area contributed by atoms with E-state index < -0.39 is 83.9 Å². The van der Waals surface area contributed by atoms with E-state index in [9.17, 15) is 39.3 Å². The molecule has 0 aromatic rings. The lowest BCUT2D eigenvalue weighted by molar-refractivity contribution is -0.265. The number of hydrogen-bond donors (Lipinski definition) is 3. The quantitative estimate of drug-likeness (QED) is 0.161. The average Bonchev–Trinajstić information content (AvgIpc) is 3.28. The normalized spacial score (nSPS) is 39.7. The maximum absolute atomic E-state index is 14.3. The third-order valence-electron chi connectivity index (χ3n) is 14.2. The standard InChI is InChI=1S/C50H77NO13/c1-30-17-13-11-10-12-14-18-31(2)44(54)46(62-9)45(55)34(5)25-32(3)40(53)29-42(33(4)26-36-21-23-39(52)43(27-36)61-8)63-49(58)38-19-15-16-24-51(38)48(57)47(56)50(59)35(6)20-22-37(64-50)28-41(30)60-7/h10-13,17,25,31-33,35-39,41-43,45-46,52,55,59H,14-16,18-24,26-29H2,1-9H3/b12-10+,13-11+,30-17+,34-25+/t31-,32-,33-,35-,36-,37+,38+,39-,41+,42+,43-,45-,46+,50-/m1/s1. The Morgan fingerprint density at radius 2 is 1.59 bits per heavy atom. The zero-order chi connectivity index (χ0) is 47.3. The summed E-state index contributed by atoms with van der Waals surface area (Å²) in [7, 11) is 4.51. The van der Waals surface area contributed by atoms with Crippen molar-refractivity contribution in [3.8, 4) is 0 Å². The van der Waals surface area contributed by atoms with Crippen molar-refractivity contribution in [2.75, 3.05) is 27.9 Å². The first-order valence-corrected chi connectivity index (χ1v) is 23.5. The minimum absolute atomic E-state index is 0.0891. The van der Waals surface area contributed by atoms with Crippen LogP contribution < -0.4 is 0 Å². The number of aliphatic hydroxyl groups is 3. The number of Topliss-reactive ketones (excluding diaryl/α,β-unsaturated/α-hetero) is 3. The molecule has 3 aliphatic heterocycles. The fourth-order valence-corrected chi connectivity index (χ4v) is 9.77. The van der Waals surface area contributed by atoms with E-state index >= 15 is 0 Å². The molecule has 2 saturated heterocycles. The van der Waals surface area contributed by atoms with Crippen LogP contribution in [0.15, 0.2) is 47.6 Å². The monoisotopic (exact) mass is 900 g/mol. The smallest absolute Gasteiger partial charge is 0.329 e. The van der Waals surface area contributed by atoms with Gasteiger partial charge >= 0.3 is 5.97 Å². The molecule has 0 aromatic heterocycles. The lowest BCUT2D eigenvalue weighted by Gasteiger charge is -2.42. The Morgan fingerprint density at radius 3 is 2.28 bits per heavy atom. The highest BCUT2D eigenvalue weighted by molar-refractivity contribution is 6.39. The average molecular weight is 900 g/mol. The molecule has 0 unspecified atom stereocenters. The molecule has 0 spiro atoms. The van der Waals surface area contributed by atoms with Gasteiger partial charge in [-0.1, -0.05) is 64.2 Å². The fourth-order valence-electron chi connectivity index (χ4n) is 9.77. The van der Waals surface area contributed by atoms with Gasteiger partial charge < -0.3 is 43.9 Å². The number of fused-ring (bicyclic) bond motifs is 3. The Kier molecular flexibility index (Phi) is 20.8. The van der Waals surface area contributed by atoms with E-state index in [-0.39, 0.29) is 48.9 Å². The van der Waals surface area contributed by atoms with Crippen molar-refractivity contribution < 1.29 is 63.0 Å². The summed E-state index contributed by atoms with van der Waals surface area (Å²) in [4.78, 5) is 71.5. The molecule has 14 atom stereocenters. The molecular weight excluding hydrogens is 823 g/mol. The number of hydrogen-bond acceptors (Lipinski definition) is 13. The summed E-state index contributed by atoms with van der Waals surface area (Å²) in [6, 6.07) is -1.14. The van der Waals surface area contributed by atoms with Crippen molar-refractivity contribution in [1.82, 2.24) is 4.90 Å². The lowest BCUT2D eigenvalue weighted by atomic mass is 9.78. The van der Waals surface area contributed by atoms with Gasteiger partial charge in [0, 0.05) is 58.5 Å². The summed E-state index contributed by atoms with van der Waals surface area (Å²) in [5, 5.41) is 33.7. The van der Waals surface area contributed by atoms with Crippen LogP contribution in [0.2, 0.25) is 0 Å². The molecule has 2 bridgehead atoms. The van der Waals surface area contributed by atoms with Gasteiger partial charge in [-0.3, -0.25) is 19.2 Å². The molecule has 1 aliphatic carbocycles. The van der Waals surface area contributed by atoms with Gasteiger partial charge in [-0.25, -0.2) is 4.79 Å². The van der Waals surface area contributed by atoms with Gasteiger partial charge in [0.25, 0.3) is 11.7 Å². The van der Waals surface area contributed by atoms with Gasteiger partial charge in [0.1, 0.15) is 30.1 Å². The maximum Gasteiger partial charge on any atom is 0.329 e. The lowest BCUT2D eigenvalue weighted by Crippen LogP contribution is -2.61. The van der Waals surface area contributed by atoms with E-state index in [0.29, 0.717) is 69.8 Å². The molecule has 1 saturated carbocycles. The number of aliphatic hydroxyl groups excluding tert-OH is 2. The topological polar surface area (TPSA) is 195 Å². The summed E-state index contributed by atoms with van der Waals surface area (Å²) in [6.07, 6.45) is 11.8. The van der Waals surface area contributed by atoms with E-state index in [0.717, 1.165) is 12.0 Å². The van der Waals surface area contributed by atoms with Crippen LogP contribution >= 0.6 is 0 Å². The third kappa shape index (κ3) is 13.8. The van der Waals surface area contributed by atoms with Crippen LogP contribution in [0.3, 0.4) is 0 Å². The SMILES string of the molecule is CO[C@H]1C[C@@H]2CC[C@@H](C)[C@@](O)(O2)C(=O)C(=O)N2CCCC[C@H]2C(=O)O[C@H]([C@H](C)C[C@H]2CC[C@@H](O)[C@H](OC)C2)CC(=O)[C@H](C)/C=C(\C)[C@@H](O)[C@@H](OC)C(=O)[C@H](C)CC/C=C/C=C/C=C/1C. The number of methoxy groups -OCH3 is 3. The largest absolute Gasteiger partial charge is 0.460 e. The highest BCUT2D eigenvalue weighted by atomic mass is 16.6. The second kappa shape index (κ2) is 25.0. The van der Waals surface area contributed by atoms with E-state index in [1.807, 2.05) is 44.2 Å². The number of nitrogens with zero attached hydrogens (tertiary/aromatic N) is 1. The molecule has 3 N–H and O–H groups in total. The Morgan fingerprint density at radius 1 is 0.859 bits per heavy atom. The van der Waals surface area contributed by atoms with Gasteiger partial charge in [-0.2, -0.15) is 0 Å². The summed E-state index contributed by atoms with van der Waals surface area (Å²) in [6.45, 7) is 10.7. The van der Waals surface area contributed by atoms with Crippen molar-refractivity contribution in [1.29, 1.82) is 0 Å². The van der Waals surface area contributed by atoms with E-state index in [4.69, 9.17) is 23.7 Å². The molecule has 3 heterocycles. The van der Waals surface area contributed by atoms with Crippen molar-refractivity contribution >= 4 is 29.2 Å². The van der Waals surface area contributed by atoms with E-state index in [1.54, 1.807) is 48.0 Å². The van der Waals surface area contributed by atoms with Crippen LogP contribution in [0, 0.1) is 29.6 Å². The molecule has 14 heteroatoms. The second-order valence-electron chi connectivity index (χ2n) is 19.0. The predicted molar refractivity (Wildman–Crippen MR) is 241 cm³/mol. The zero-order valence-electron chi connectivity index (χ0n) is 39.7. The number of allylic oxidation sites excluding steroid dienone is 6. The zero-order valence-corrected chi connectivity index (χ0v) is 39.7. The Balaban J connectivity index is 1.69. The second-order valence-corrected chi connectivity index (χ2v) is 19.0. The van der Waals surface area contributed by atoms with Gasteiger partial charge in [0.05, 0.1) is 24.4 Å². The Hall–Kier alpha value is -3.37. The Bertz CT molecular complexity index is 1720. The van der Waals surface area contributed by atoms with Crippen LogP contribution in [0.5, 0.6) is 0 Å². The first-order valence-electron chi connectivity index (χ1n) is 23.5. The fraction of sp³-hybridized carbons (Fsp3) is 0.740. The van der Waals surface area contributed by atoms with Gasteiger partial charge in [0.2, 0.25) is 5.79 Å². The van der Waals surface area contributed by atoms with Gasteiger partial charge in [-0.15, -0.1) is 0 Å². The number of cyclic esters (lactones) is 1. The van der Waals surface area contributed by atoms with Crippen LogP contribution in [-0.4, -0.2) is 132 Å². The molecule has 1 amide bonds. The van der Waals surface area contributed by atoms with Crippen molar-refractivity contribution in [2.45, 2.75) is 180 Å². The maximum atomic E-state index is 14.3. The number of esters is 1. The summed E-state index contributed by atoms with van der Waals surface area (Å²) in [5.74, 6) is -7.93. The van der Waals surface area contributed by atoms with E-state index in [2.05, 4.69) is 0 Å². The highest BCUT2D eigenvalue weighted by Crippen LogP contribution is 2.37. The van der Waals surface area contributed by atoms with Crippen LogP contribution in [-0.2, 0) is 47.7 Å². The van der Waals surface area contributed by atoms with Crippen molar-refractivity contribution in [2.24, 2.45) is 29.6 Å². The molecule has 4 aliphatic rings. The molecule has 64 heavy (non-hydrogen) atoms. The van der Waals surface area contributed by atoms with Gasteiger partial charge in [-0.05, 0) is 107 Å². The number of carbonyl (C=O) groups is 5. The van der Waals surface area contributed by atoms with E-state index in [1.165, 1.54) is 12.0 Å². The predicted octanol–water partition coefficient (Wildman–Crippen LogP) is 5.93. The summed E-state index contributed by atoms with van der Waals surface area (Å²) < 4.78 is 29.3. The number of ketones is 3. The molecule has 0 radical (unpaired) electrons. The van der Waals surface area contributed by atoms with Crippen molar-refractivity contribution in [3.63, 3.8) is 0 Å². The minimum atomic E-state index is -2.42. The number of amides is 1. The first kappa shape index (κ1) is 53.2. The van der Waals surface area contributed by atoms with Crippen LogP contribution in [0.4, 0.5) is 0 Å². The Labute approximate surface area is 380 Å². The molecule has 3 fully saturated rings. The van der Waals surface area contributed by atoms with Crippen LogP contribution in [0.25, 0.3) is 0 Å². The number of carbonyl (C=O) groups excluding carboxylic acids is 5. The third-order valence-corrected chi connectivity index (χ3v) is 14.2. The molecule has 4 rings (SSSR count). The molecular formula is C50H77NO13. The van der Waals surface area contributed by atoms with Gasteiger partial charge in [0.15, 0.2) is 5.78 Å². The number of ether oxygens (including phenoxy) is 5.